The van der Waals surface area contributed by atoms with Gasteiger partial charge in [-0.2, -0.15) is 10.2 Å². The van der Waals surface area contributed by atoms with Crippen molar-refractivity contribution in [3.63, 3.8) is 0 Å². The van der Waals surface area contributed by atoms with Crippen LogP contribution in [0.5, 0.6) is 0 Å². The van der Waals surface area contributed by atoms with Crippen LogP contribution in [0.2, 0.25) is 0 Å². The smallest absolute Gasteiger partial charge is 0.273 e. The summed E-state index contributed by atoms with van der Waals surface area (Å²) in [5.41, 5.74) is 1.21. The van der Waals surface area contributed by atoms with Crippen LogP contribution in [0.15, 0.2) is 30.6 Å². The van der Waals surface area contributed by atoms with Crippen molar-refractivity contribution in [3.05, 3.63) is 42.1 Å². The van der Waals surface area contributed by atoms with Crippen molar-refractivity contribution >= 4 is 16.8 Å². The van der Waals surface area contributed by atoms with Gasteiger partial charge in [0, 0.05) is 5.39 Å². The third-order valence-electron chi connectivity index (χ3n) is 2.88. The van der Waals surface area contributed by atoms with Gasteiger partial charge in [-0.05, 0) is 13.0 Å². The van der Waals surface area contributed by atoms with Gasteiger partial charge in [0.2, 0.25) is 0 Å². The summed E-state index contributed by atoms with van der Waals surface area (Å²) < 4.78 is 0. The van der Waals surface area contributed by atoms with Crippen LogP contribution in [0.25, 0.3) is 10.9 Å². The topological polar surface area (TPSA) is 99.3 Å². The SMILES string of the molecule is CC(NC(=O)c1n[nH]c2ccccc12)c1ncn[nH]1. The van der Waals surface area contributed by atoms with Gasteiger partial charge < -0.3 is 5.32 Å². The molecule has 1 unspecified atom stereocenters. The Morgan fingerprint density at radius 2 is 2.16 bits per heavy atom. The Kier molecular flexibility index (Phi) is 2.71. The molecule has 0 radical (unpaired) electrons. The van der Waals surface area contributed by atoms with Crippen LogP contribution >= 0.6 is 0 Å². The fourth-order valence-electron chi connectivity index (χ4n) is 1.89. The molecule has 96 valence electrons. The fourth-order valence-corrected chi connectivity index (χ4v) is 1.89. The predicted molar refractivity (Wildman–Crippen MR) is 68.4 cm³/mol. The van der Waals surface area contributed by atoms with Crippen molar-refractivity contribution in [1.29, 1.82) is 0 Å². The normalized spacial score (nSPS) is 12.5. The van der Waals surface area contributed by atoms with Gasteiger partial charge in [-0.15, -0.1) is 0 Å². The van der Waals surface area contributed by atoms with Gasteiger partial charge >= 0.3 is 0 Å². The van der Waals surface area contributed by atoms with Crippen LogP contribution in [-0.2, 0) is 0 Å². The Morgan fingerprint density at radius 1 is 1.32 bits per heavy atom. The molecule has 2 heterocycles. The highest BCUT2D eigenvalue weighted by Gasteiger charge is 2.17. The molecule has 0 aliphatic carbocycles. The van der Waals surface area contributed by atoms with E-state index in [1.807, 2.05) is 31.2 Å². The molecule has 0 bridgehead atoms. The van der Waals surface area contributed by atoms with E-state index in [9.17, 15) is 4.79 Å². The van der Waals surface area contributed by atoms with Gasteiger partial charge in [-0.3, -0.25) is 15.0 Å². The molecular weight excluding hydrogens is 244 g/mol. The number of rotatable bonds is 3. The largest absolute Gasteiger partial charge is 0.341 e. The van der Waals surface area contributed by atoms with Gasteiger partial charge in [0.25, 0.3) is 5.91 Å². The standard InChI is InChI=1S/C12H12N6O/c1-7(11-13-6-14-18-11)15-12(19)10-8-4-2-3-5-9(8)16-17-10/h2-7H,1H3,(H,15,19)(H,16,17)(H,13,14,18). The minimum Gasteiger partial charge on any atom is -0.341 e. The number of carbonyl (C=O) groups excluding carboxylic acids is 1. The average molecular weight is 256 g/mol. The van der Waals surface area contributed by atoms with E-state index < -0.39 is 0 Å². The van der Waals surface area contributed by atoms with Crippen molar-refractivity contribution in [2.24, 2.45) is 0 Å². The van der Waals surface area contributed by atoms with Gasteiger partial charge in [0.15, 0.2) is 5.69 Å². The summed E-state index contributed by atoms with van der Waals surface area (Å²) in [4.78, 5) is 16.2. The Hall–Kier alpha value is -2.70. The van der Waals surface area contributed by atoms with E-state index in [0.717, 1.165) is 10.9 Å². The number of amides is 1. The first-order valence-electron chi connectivity index (χ1n) is 5.85. The Bertz CT molecular complexity index is 702. The molecule has 7 heteroatoms. The van der Waals surface area contributed by atoms with Crippen molar-refractivity contribution < 1.29 is 4.79 Å². The Balaban J connectivity index is 1.84. The molecule has 3 N–H and O–H groups in total. The number of hydrogen-bond donors (Lipinski definition) is 3. The molecule has 19 heavy (non-hydrogen) atoms. The lowest BCUT2D eigenvalue weighted by Gasteiger charge is -2.09. The Labute approximate surface area is 108 Å². The second-order valence-electron chi connectivity index (χ2n) is 4.18. The summed E-state index contributed by atoms with van der Waals surface area (Å²) in [5.74, 6) is 0.356. The van der Waals surface area contributed by atoms with Crippen LogP contribution in [0.4, 0.5) is 0 Å². The maximum atomic E-state index is 12.2. The second-order valence-corrected chi connectivity index (χ2v) is 4.18. The predicted octanol–water partition coefficient (Wildman–Crippen LogP) is 1.17. The highest BCUT2D eigenvalue weighted by molar-refractivity contribution is 6.04. The zero-order valence-electron chi connectivity index (χ0n) is 10.2. The number of carbonyl (C=O) groups is 1. The first kappa shape index (κ1) is 11.4. The minimum absolute atomic E-state index is 0.249. The fraction of sp³-hybridized carbons (Fsp3) is 0.167. The maximum Gasteiger partial charge on any atom is 0.273 e. The molecule has 0 aliphatic heterocycles. The highest BCUT2D eigenvalue weighted by Crippen LogP contribution is 2.16. The van der Waals surface area contributed by atoms with E-state index >= 15 is 0 Å². The first-order chi connectivity index (χ1) is 9.25. The zero-order valence-corrected chi connectivity index (χ0v) is 10.2. The summed E-state index contributed by atoms with van der Waals surface area (Å²) in [6.07, 6.45) is 1.40. The second kappa shape index (κ2) is 4.52. The number of H-pyrrole nitrogens is 2. The molecule has 1 aromatic carbocycles. The number of fused-ring (bicyclic) bond motifs is 1. The van der Waals surface area contributed by atoms with Gasteiger partial charge in [0.05, 0.1) is 11.6 Å². The van der Waals surface area contributed by atoms with Crippen LogP contribution in [0.3, 0.4) is 0 Å². The number of para-hydroxylation sites is 1. The van der Waals surface area contributed by atoms with Crippen molar-refractivity contribution in [2.75, 3.05) is 0 Å². The molecule has 1 atom stereocenters. The van der Waals surface area contributed by atoms with E-state index in [2.05, 4.69) is 30.7 Å². The van der Waals surface area contributed by atoms with Crippen LogP contribution in [-0.4, -0.2) is 31.3 Å². The molecule has 0 spiro atoms. The summed E-state index contributed by atoms with van der Waals surface area (Å²) in [5, 5.41) is 17.0. The van der Waals surface area contributed by atoms with Crippen LogP contribution < -0.4 is 5.32 Å². The third-order valence-corrected chi connectivity index (χ3v) is 2.88. The van der Waals surface area contributed by atoms with Crippen LogP contribution in [0.1, 0.15) is 29.3 Å². The van der Waals surface area contributed by atoms with E-state index in [1.165, 1.54) is 6.33 Å². The molecule has 0 aliphatic rings. The molecule has 0 saturated carbocycles. The first-order valence-corrected chi connectivity index (χ1v) is 5.85. The molecule has 3 aromatic rings. The minimum atomic E-state index is -0.259. The summed E-state index contributed by atoms with van der Waals surface area (Å²) >= 11 is 0. The third kappa shape index (κ3) is 2.05. The number of nitrogens with zero attached hydrogens (tertiary/aromatic N) is 3. The van der Waals surface area contributed by atoms with Crippen molar-refractivity contribution in [1.82, 2.24) is 30.7 Å². The number of benzene rings is 1. The molecule has 0 saturated heterocycles. The molecule has 2 aromatic heterocycles. The van der Waals surface area contributed by atoms with Crippen LogP contribution in [0, 0.1) is 0 Å². The van der Waals surface area contributed by atoms with Gasteiger partial charge in [-0.1, -0.05) is 18.2 Å². The zero-order chi connectivity index (χ0) is 13.2. The van der Waals surface area contributed by atoms with Crippen molar-refractivity contribution in [3.8, 4) is 0 Å². The lowest BCUT2D eigenvalue weighted by atomic mass is 10.2. The monoisotopic (exact) mass is 256 g/mol. The molecule has 7 nitrogen and oxygen atoms in total. The van der Waals surface area contributed by atoms with E-state index in [4.69, 9.17) is 0 Å². The molecule has 3 rings (SSSR count). The number of hydrogen-bond acceptors (Lipinski definition) is 4. The van der Waals surface area contributed by atoms with Gasteiger partial charge in [-0.25, -0.2) is 4.98 Å². The number of aromatic amines is 2. The quantitative estimate of drug-likeness (QED) is 0.655. The van der Waals surface area contributed by atoms with E-state index in [0.29, 0.717) is 11.5 Å². The average Bonchev–Trinajstić information content (AvgIpc) is 3.08. The molecule has 1 amide bonds. The molecule has 0 fully saturated rings. The summed E-state index contributed by atoms with van der Waals surface area (Å²) in [6.45, 7) is 1.83. The van der Waals surface area contributed by atoms with E-state index in [1.54, 1.807) is 0 Å². The molecular formula is C12H12N6O. The Morgan fingerprint density at radius 3 is 2.95 bits per heavy atom. The summed E-state index contributed by atoms with van der Waals surface area (Å²) in [7, 11) is 0. The lowest BCUT2D eigenvalue weighted by molar-refractivity contribution is 0.0935. The maximum absolute atomic E-state index is 12.2. The van der Waals surface area contributed by atoms with E-state index in [-0.39, 0.29) is 11.9 Å². The summed E-state index contributed by atoms with van der Waals surface area (Å²) in [6, 6.07) is 7.23. The highest BCUT2D eigenvalue weighted by atomic mass is 16.2. The number of nitrogens with one attached hydrogen (secondary N) is 3. The van der Waals surface area contributed by atoms with Gasteiger partial charge in [0.1, 0.15) is 12.2 Å². The lowest BCUT2D eigenvalue weighted by Crippen LogP contribution is -2.27. The number of aromatic nitrogens is 5. The van der Waals surface area contributed by atoms with Crippen molar-refractivity contribution in [2.45, 2.75) is 13.0 Å².